The Labute approximate surface area is 347 Å². The van der Waals surface area contributed by atoms with Crippen LogP contribution < -0.4 is 10.0 Å². The number of aryl methyl sites for hydroxylation is 2. The highest BCUT2D eigenvalue weighted by Gasteiger charge is 2.17. The fourth-order valence-corrected chi connectivity index (χ4v) is 9.22. The number of nitrogens with zero attached hydrogens (tertiary/aromatic N) is 2. The van der Waals surface area contributed by atoms with Crippen molar-refractivity contribution in [1.82, 2.24) is 0 Å². The molecule has 0 aliphatic carbocycles. The Balaban J connectivity index is 0.803. The van der Waals surface area contributed by atoms with Crippen LogP contribution in [0.5, 0.6) is 0 Å². The number of hydrazine groups is 1. The van der Waals surface area contributed by atoms with Gasteiger partial charge in [-0.3, -0.25) is 10.0 Å². The van der Waals surface area contributed by atoms with Gasteiger partial charge in [-0.25, -0.2) is 0 Å². The van der Waals surface area contributed by atoms with Gasteiger partial charge in [0, 0.05) is 13.1 Å². The van der Waals surface area contributed by atoms with Gasteiger partial charge in [0.1, 0.15) is 0 Å². The fourth-order valence-electron chi connectivity index (χ4n) is 9.22. The van der Waals surface area contributed by atoms with Crippen LogP contribution in [0.15, 0.2) is 170 Å². The second-order valence-electron chi connectivity index (χ2n) is 16.3. The van der Waals surface area contributed by atoms with Crippen molar-refractivity contribution in [3.8, 4) is 0 Å². The van der Waals surface area contributed by atoms with Gasteiger partial charge in [0.2, 0.25) is 0 Å². The molecule has 0 spiro atoms. The molecule has 2 nitrogen and oxygen atoms in total. The average Bonchev–Trinajstić information content (AvgIpc) is 3.29. The summed E-state index contributed by atoms with van der Waals surface area (Å²) in [6.07, 6.45) is 17.5. The van der Waals surface area contributed by atoms with E-state index in [1.807, 2.05) is 0 Å². The number of rotatable bonds is 21. The number of fused-ring (bicyclic) bond motifs is 6. The average molecular weight is 761 g/mol. The Bertz CT molecular complexity index is 2310. The van der Waals surface area contributed by atoms with E-state index in [9.17, 15) is 0 Å². The molecule has 0 unspecified atom stereocenters. The molecule has 0 radical (unpaired) electrons. The molecule has 0 aliphatic heterocycles. The number of unbranched alkanes of at least 4 members (excludes halogenated alkanes) is 10. The van der Waals surface area contributed by atoms with Crippen LogP contribution in [0.25, 0.3) is 43.1 Å². The van der Waals surface area contributed by atoms with Crippen molar-refractivity contribution in [2.45, 2.75) is 89.9 Å². The summed E-state index contributed by atoms with van der Waals surface area (Å²) in [7, 11) is 0. The first-order valence-corrected chi connectivity index (χ1v) is 22.3. The van der Waals surface area contributed by atoms with E-state index in [0.717, 1.165) is 25.9 Å². The molecule has 0 heterocycles. The Morgan fingerprint density at radius 1 is 0.259 bits per heavy atom. The second kappa shape index (κ2) is 20.2. The van der Waals surface area contributed by atoms with E-state index < -0.39 is 0 Å². The molecule has 0 aliphatic rings. The SMILES string of the molecule is c1ccc(N(CCCCCCCCc2cc3ccccc3c3ccccc23)N(CCCCCCCCc2cc3ccccc3c3ccccc23)c2ccccc2)cc1. The molecule has 0 saturated carbocycles. The summed E-state index contributed by atoms with van der Waals surface area (Å²) in [5.74, 6) is 0. The van der Waals surface area contributed by atoms with E-state index in [-0.39, 0.29) is 0 Å². The van der Waals surface area contributed by atoms with Crippen molar-refractivity contribution in [2.75, 3.05) is 23.1 Å². The van der Waals surface area contributed by atoms with E-state index in [0.29, 0.717) is 0 Å². The predicted octanol–water partition coefficient (Wildman–Crippen LogP) is 15.7. The van der Waals surface area contributed by atoms with Gasteiger partial charge in [0.05, 0.1) is 11.4 Å². The van der Waals surface area contributed by atoms with Crippen molar-refractivity contribution >= 4 is 54.5 Å². The van der Waals surface area contributed by atoms with Crippen LogP contribution >= 0.6 is 0 Å². The maximum atomic E-state index is 2.56. The molecule has 0 bridgehead atoms. The predicted molar refractivity (Wildman–Crippen MR) is 253 cm³/mol. The van der Waals surface area contributed by atoms with Gasteiger partial charge in [-0.05, 0) is 117 Å². The van der Waals surface area contributed by atoms with Gasteiger partial charge in [-0.15, -0.1) is 0 Å². The summed E-state index contributed by atoms with van der Waals surface area (Å²) in [6.45, 7) is 2.07. The minimum Gasteiger partial charge on any atom is -0.285 e. The van der Waals surface area contributed by atoms with Gasteiger partial charge in [-0.2, -0.15) is 0 Å². The maximum Gasteiger partial charge on any atom is 0.0574 e. The summed E-state index contributed by atoms with van der Waals surface area (Å²) in [5.41, 5.74) is 5.57. The molecule has 8 aromatic rings. The van der Waals surface area contributed by atoms with Gasteiger partial charge in [-0.1, -0.05) is 197 Å². The Morgan fingerprint density at radius 2 is 0.569 bits per heavy atom. The van der Waals surface area contributed by atoms with E-state index in [4.69, 9.17) is 0 Å². The monoisotopic (exact) mass is 760 g/mol. The number of para-hydroxylation sites is 2. The number of anilines is 2. The quantitative estimate of drug-likeness (QED) is 0.0409. The van der Waals surface area contributed by atoms with Crippen molar-refractivity contribution in [3.63, 3.8) is 0 Å². The lowest BCUT2D eigenvalue weighted by Gasteiger charge is -2.39. The van der Waals surface area contributed by atoms with E-state index in [2.05, 4.69) is 180 Å². The van der Waals surface area contributed by atoms with Crippen LogP contribution in [-0.2, 0) is 12.8 Å². The lowest BCUT2D eigenvalue weighted by atomic mass is 9.94. The van der Waals surface area contributed by atoms with Crippen LogP contribution in [0, 0.1) is 0 Å². The first-order valence-electron chi connectivity index (χ1n) is 22.3. The molecular weight excluding hydrogens is 701 g/mol. The van der Waals surface area contributed by atoms with E-state index >= 15 is 0 Å². The third kappa shape index (κ3) is 9.74. The minimum absolute atomic E-state index is 1.03. The van der Waals surface area contributed by atoms with Crippen molar-refractivity contribution in [2.24, 2.45) is 0 Å². The van der Waals surface area contributed by atoms with E-state index in [1.54, 1.807) is 0 Å². The van der Waals surface area contributed by atoms with E-state index in [1.165, 1.54) is 143 Å². The molecule has 294 valence electrons. The van der Waals surface area contributed by atoms with Gasteiger partial charge in [0.15, 0.2) is 0 Å². The molecular formula is C56H60N2. The summed E-state index contributed by atoms with van der Waals surface area (Å²) >= 11 is 0. The first-order chi connectivity index (χ1) is 28.8. The van der Waals surface area contributed by atoms with Gasteiger partial charge in [0.25, 0.3) is 0 Å². The smallest absolute Gasteiger partial charge is 0.0574 e. The highest BCUT2D eigenvalue weighted by Crippen LogP contribution is 2.32. The molecule has 8 rings (SSSR count). The lowest BCUT2D eigenvalue weighted by molar-refractivity contribution is 0.562. The molecule has 8 aromatic carbocycles. The van der Waals surface area contributed by atoms with Gasteiger partial charge >= 0.3 is 0 Å². The molecule has 2 heteroatoms. The first kappa shape index (κ1) is 39.2. The molecule has 0 aromatic heterocycles. The minimum atomic E-state index is 1.03. The topological polar surface area (TPSA) is 6.48 Å². The normalized spacial score (nSPS) is 11.5. The van der Waals surface area contributed by atoms with Crippen molar-refractivity contribution in [1.29, 1.82) is 0 Å². The van der Waals surface area contributed by atoms with Crippen LogP contribution in [0.2, 0.25) is 0 Å². The molecule has 58 heavy (non-hydrogen) atoms. The van der Waals surface area contributed by atoms with Crippen LogP contribution in [-0.4, -0.2) is 13.1 Å². The summed E-state index contributed by atoms with van der Waals surface area (Å²) < 4.78 is 0. The Kier molecular flexibility index (Phi) is 13.7. The third-order valence-electron chi connectivity index (χ3n) is 12.2. The van der Waals surface area contributed by atoms with Crippen molar-refractivity contribution < 1.29 is 0 Å². The zero-order valence-electron chi connectivity index (χ0n) is 34.4. The van der Waals surface area contributed by atoms with Gasteiger partial charge < -0.3 is 0 Å². The zero-order chi connectivity index (χ0) is 39.2. The largest absolute Gasteiger partial charge is 0.285 e. The molecule has 0 saturated heterocycles. The number of hydrogen-bond acceptors (Lipinski definition) is 2. The third-order valence-corrected chi connectivity index (χ3v) is 12.2. The highest BCUT2D eigenvalue weighted by atomic mass is 15.6. The van der Waals surface area contributed by atoms with Crippen molar-refractivity contribution in [3.05, 3.63) is 181 Å². The molecule has 0 amide bonds. The zero-order valence-corrected chi connectivity index (χ0v) is 34.4. The summed E-state index contributed by atoms with van der Waals surface area (Å²) in [5, 5.41) is 16.2. The number of hydrogen-bond donors (Lipinski definition) is 0. The Morgan fingerprint density at radius 3 is 0.983 bits per heavy atom. The fraction of sp³-hybridized carbons (Fsp3) is 0.286. The maximum absolute atomic E-state index is 2.56. The van der Waals surface area contributed by atoms with Crippen LogP contribution in [0.1, 0.15) is 88.2 Å². The standard InChI is InChI=1S/C56H60N2/c1(5-11-27-45-43-47-29-17-19-35-51(47)55-39-23-21-37-53(45)55)3-7-25-41-57(49-31-13-9-14-32-49)58(50-33-15-10-16-34-50)42-26-8-4-2-6-12-28-46-44-48-30-18-20-36-52(48)56-40-24-22-38-54(46)56/h9-10,13-24,29-40,43-44H,1-8,11-12,25-28,41-42H2. The summed E-state index contributed by atoms with van der Waals surface area (Å²) in [6, 6.07) is 62.6. The highest BCUT2D eigenvalue weighted by molar-refractivity contribution is 6.09. The number of benzene rings is 8. The molecule has 0 fully saturated rings. The van der Waals surface area contributed by atoms with Crippen LogP contribution in [0.3, 0.4) is 0 Å². The second-order valence-corrected chi connectivity index (χ2v) is 16.3. The van der Waals surface area contributed by atoms with Crippen LogP contribution in [0.4, 0.5) is 11.4 Å². The molecule has 0 N–H and O–H groups in total. The summed E-state index contributed by atoms with van der Waals surface area (Å²) in [4.78, 5) is 0. The molecule has 0 atom stereocenters. The lowest BCUT2D eigenvalue weighted by Crippen LogP contribution is -2.44. The Hall–Kier alpha value is -5.60.